The molecule has 0 saturated carbocycles. The average molecular weight is 477 g/mol. The fraction of sp³-hybridized carbons (Fsp3) is 0.360. The Morgan fingerprint density at radius 2 is 1.86 bits per heavy atom. The van der Waals surface area contributed by atoms with Gasteiger partial charge < -0.3 is 15.5 Å². The highest BCUT2D eigenvalue weighted by Crippen LogP contribution is 2.33. The van der Waals surface area contributed by atoms with E-state index in [9.17, 15) is 14.0 Å². The molecule has 1 radical (unpaired) electrons. The Morgan fingerprint density at radius 1 is 1.14 bits per heavy atom. The van der Waals surface area contributed by atoms with Crippen molar-refractivity contribution in [2.75, 3.05) is 32.7 Å². The molecule has 0 spiro atoms. The summed E-state index contributed by atoms with van der Waals surface area (Å²) < 4.78 is 14.7. The molecule has 0 bridgehead atoms. The molecule has 2 N–H and O–H groups in total. The van der Waals surface area contributed by atoms with Crippen LogP contribution < -0.4 is 5.73 Å². The number of hydrogen-bond donors (Lipinski definition) is 1. The number of aromatic nitrogens is 4. The number of benzene rings is 1. The third-order valence-electron chi connectivity index (χ3n) is 6.82. The average Bonchev–Trinajstić information content (AvgIpc) is 3.50. The zero-order chi connectivity index (χ0) is 24.5. The molecule has 0 aliphatic carbocycles. The van der Waals surface area contributed by atoms with Gasteiger partial charge in [0.25, 0.3) is 11.8 Å². The number of primary amides is 1. The van der Waals surface area contributed by atoms with Gasteiger partial charge in [0, 0.05) is 26.2 Å². The predicted octanol–water partition coefficient (Wildman–Crippen LogP) is 1.86. The van der Waals surface area contributed by atoms with E-state index in [0.717, 1.165) is 31.6 Å². The van der Waals surface area contributed by atoms with Crippen molar-refractivity contribution >= 4 is 11.8 Å². The maximum Gasteiger partial charge on any atom is 0.268 e. The molecule has 10 heteroatoms. The zero-order valence-corrected chi connectivity index (χ0v) is 19.5. The second-order valence-corrected chi connectivity index (χ2v) is 9.22. The van der Waals surface area contributed by atoms with E-state index >= 15 is 0 Å². The van der Waals surface area contributed by atoms with E-state index in [1.54, 1.807) is 13.0 Å². The molecule has 5 rings (SSSR count). The number of nitrogens with zero attached hydrogens (tertiary/aromatic N) is 6. The number of rotatable bonds is 7. The Balaban J connectivity index is 1.23. The molecule has 4 heterocycles. The van der Waals surface area contributed by atoms with Gasteiger partial charge >= 0.3 is 0 Å². The van der Waals surface area contributed by atoms with Crippen LogP contribution in [0, 0.1) is 31.0 Å². The Bertz CT molecular complexity index is 1230. The lowest BCUT2D eigenvalue weighted by Gasteiger charge is -2.22. The summed E-state index contributed by atoms with van der Waals surface area (Å²) in [7, 11) is 0. The molecule has 2 fully saturated rings. The first-order valence-corrected chi connectivity index (χ1v) is 11.7. The molecule has 2 aliphatic heterocycles. The molecular weight excluding hydrogens is 449 g/mol. The van der Waals surface area contributed by atoms with Gasteiger partial charge in [-0.05, 0) is 55.8 Å². The molecule has 2 amide bonds. The second-order valence-electron chi connectivity index (χ2n) is 9.22. The van der Waals surface area contributed by atoms with E-state index < -0.39 is 5.91 Å². The number of carbonyl (C=O) groups excluding carboxylic acids is 2. The van der Waals surface area contributed by atoms with Crippen LogP contribution in [0.5, 0.6) is 0 Å². The molecular formula is C25H27FN7O2. The van der Waals surface area contributed by atoms with E-state index in [0.29, 0.717) is 36.3 Å². The van der Waals surface area contributed by atoms with Crippen LogP contribution in [0.25, 0.3) is 5.69 Å². The van der Waals surface area contributed by atoms with E-state index in [4.69, 9.17) is 5.73 Å². The Morgan fingerprint density at radius 3 is 2.51 bits per heavy atom. The van der Waals surface area contributed by atoms with E-state index in [-0.39, 0.29) is 23.0 Å². The molecule has 181 valence electrons. The lowest BCUT2D eigenvalue weighted by molar-refractivity contribution is 0.0767. The van der Waals surface area contributed by atoms with Crippen molar-refractivity contribution in [2.45, 2.75) is 13.3 Å². The molecule has 2 saturated heterocycles. The van der Waals surface area contributed by atoms with Gasteiger partial charge in [0.15, 0.2) is 0 Å². The van der Waals surface area contributed by atoms with Crippen molar-refractivity contribution in [3.63, 3.8) is 0 Å². The minimum atomic E-state index is -0.724. The summed E-state index contributed by atoms with van der Waals surface area (Å²) in [5.74, 6) is -0.416. The highest BCUT2D eigenvalue weighted by molar-refractivity contribution is 6.07. The van der Waals surface area contributed by atoms with Crippen LogP contribution >= 0.6 is 0 Å². The third-order valence-corrected chi connectivity index (χ3v) is 6.82. The van der Waals surface area contributed by atoms with Gasteiger partial charge in [-0.25, -0.2) is 19.0 Å². The summed E-state index contributed by atoms with van der Waals surface area (Å²) in [6.45, 7) is 5.68. The fourth-order valence-corrected chi connectivity index (χ4v) is 5.24. The number of amides is 2. The fourth-order valence-electron chi connectivity index (χ4n) is 5.24. The van der Waals surface area contributed by atoms with Crippen molar-refractivity contribution in [3.05, 3.63) is 77.7 Å². The lowest BCUT2D eigenvalue weighted by atomic mass is 10.0. The quantitative estimate of drug-likeness (QED) is 0.557. The molecule has 35 heavy (non-hydrogen) atoms. The van der Waals surface area contributed by atoms with Crippen LogP contribution in [0.4, 0.5) is 4.39 Å². The maximum absolute atomic E-state index is 13.5. The topological polar surface area (TPSA) is 110 Å². The smallest absolute Gasteiger partial charge is 0.268 e. The maximum atomic E-state index is 13.5. The van der Waals surface area contributed by atoms with E-state index in [1.165, 1.54) is 35.5 Å². The van der Waals surface area contributed by atoms with Crippen molar-refractivity contribution in [1.29, 1.82) is 0 Å². The Labute approximate surface area is 202 Å². The first-order valence-electron chi connectivity index (χ1n) is 11.7. The molecule has 1 aromatic carbocycles. The van der Waals surface area contributed by atoms with Crippen LogP contribution in [0.1, 0.15) is 38.5 Å². The Kier molecular flexibility index (Phi) is 6.29. The van der Waals surface area contributed by atoms with Gasteiger partial charge in [-0.2, -0.15) is 5.10 Å². The first-order chi connectivity index (χ1) is 16.9. The lowest BCUT2D eigenvalue weighted by Crippen LogP contribution is -2.35. The molecule has 2 aromatic heterocycles. The third kappa shape index (κ3) is 4.66. The number of hydrogen-bond acceptors (Lipinski definition) is 6. The normalized spacial score (nSPS) is 19.8. The molecule has 3 aromatic rings. The van der Waals surface area contributed by atoms with E-state index in [1.807, 2.05) is 11.0 Å². The highest BCUT2D eigenvalue weighted by atomic mass is 19.1. The molecule has 9 nitrogen and oxygen atoms in total. The second kappa shape index (κ2) is 9.53. The minimum Gasteiger partial charge on any atom is -0.364 e. The first kappa shape index (κ1) is 23.1. The summed E-state index contributed by atoms with van der Waals surface area (Å²) in [6, 6.07) is 6.61. The summed E-state index contributed by atoms with van der Waals surface area (Å²) in [6.07, 6.45) is 7.30. The van der Waals surface area contributed by atoms with E-state index in [2.05, 4.69) is 26.4 Å². The number of halogens is 1. The van der Waals surface area contributed by atoms with Crippen LogP contribution in [0.15, 0.2) is 43.0 Å². The van der Waals surface area contributed by atoms with Crippen molar-refractivity contribution < 1.29 is 14.0 Å². The molecule has 2 aliphatic rings. The van der Waals surface area contributed by atoms with Gasteiger partial charge in [-0.15, -0.1) is 0 Å². The van der Waals surface area contributed by atoms with Crippen LogP contribution in [-0.4, -0.2) is 74.1 Å². The van der Waals surface area contributed by atoms with Gasteiger partial charge in [-0.1, -0.05) is 12.1 Å². The predicted molar refractivity (Wildman–Crippen MR) is 126 cm³/mol. The van der Waals surface area contributed by atoms with Crippen LogP contribution in [0.3, 0.4) is 0 Å². The molecule has 2 atom stereocenters. The van der Waals surface area contributed by atoms with Crippen molar-refractivity contribution in [1.82, 2.24) is 29.5 Å². The van der Waals surface area contributed by atoms with Gasteiger partial charge in [0.1, 0.15) is 23.5 Å². The minimum absolute atomic E-state index is 0.0499. The van der Waals surface area contributed by atoms with Crippen LogP contribution in [0.2, 0.25) is 0 Å². The largest absolute Gasteiger partial charge is 0.364 e. The standard InChI is InChI=1S/C25H27FN7O2/c1-16-22(23(24(27)34)33(30-16)21-9-28-15-29-10-21)25(35)32-13-18-11-31(12-19(18)14-32)7-3-5-17-4-2-6-20(26)8-17/h2,4-6,8-10,15,18-19H,3,7,11-14H2,1H3,(H2,27,34)/t18-,19?/m0/s1. The SMILES string of the molecule is Cc1nn(-c2cncnc2)c(C(N)=O)c1C(=O)N1CC2CN(CC[CH]c3cccc(F)c3)C[C@H]2C1. The van der Waals surface area contributed by atoms with Gasteiger partial charge in [0.2, 0.25) is 0 Å². The number of likely N-dealkylation sites (tertiary alicyclic amines) is 2. The Hall–Kier alpha value is -3.66. The van der Waals surface area contributed by atoms with Gasteiger partial charge in [0.05, 0.1) is 23.7 Å². The van der Waals surface area contributed by atoms with Crippen molar-refractivity contribution in [3.8, 4) is 5.69 Å². The number of nitrogens with two attached hydrogens (primary N) is 1. The summed E-state index contributed by atoms with van der Waals surface area (Å²) in [4.78, 5) is 38.0. The monoisotopic (exact) mass is 476 g/mol. The van der Waals surface area contributed by atoms with Crippen molar-refractivity contribution in [2.24, 2.45) is 17.6 Å². The highest BCUT2D eigenvalue weighted by Gasteiger charge is 2.42. The number of carbonyl (C=O) groups is 2. The number of fused-ring (bicyclic) bond motifs is 1. The number of aryl methyl sites for hydroxylation is 1. The molecule has 1 unspecified atom stereocenters. The van der Waals surface area contributed by atoms with Crippen LogP contribution in [-0.2, 0) is 0 Å². The zero-order valence-electron chi connectivity index (χ0n) is 19.5. The van der Waals surface area contributed by atoms with Gasteiger partial charge in [-0.3, -0.25) is 9.59 Å². The summed E-state index contributed by atoms with van der Waals surface area (Å²) in [5, 5.41) is 4.40. The summed E-state index contributed by atoms with van der Waals surface area (Å²) >= 11 is 0. The summed E-state index contributed by atoms with van der Waals surface area (Å²) in [5.41, 5.74) is 7.76.